The van der Waals surface area contributed by atoms with Gasteiger partial charge in [0, 0.05) is 18.9 Å². The number of hydrogen-bond donors (Lipinski definition) is 1. The van der Waals surface area contributed by atoms with Crippen LogP contribution in [-0.2, 0) is 16.1 Å². The predicted molar refractivity (Wildman–Crippen MR) is 77.7 cm³/mol. The molecule has 1 aromatic rings. The topological polar surface area (TPSA) is 70.8 Å². The maximum absolute atomic E-state index is 12.2. The first kappa shape index (κ1) is 15.6. The Balaban J connectivity index is 1.94. The number of carbonyl (C=O) groups is 2. The fourth-order valence-electron chi connectivity index (χ4n) is 2.48. The normalized spacial score (nSPS) is 23.4. The first-order valence-electron chi connectivity index (χ1n) is 7.37. The minimum atomic E-state index is -0.952. The van der Waals surface area contributed by atoms with Crippen molar-refractivity contribution in [2.24, 2.45) is 17.8 Å². The first-order chi connectivity index (χ1) is 9.81. The van der Waals surface area contributed by atoms with E-state index in [1.807, 2.05) is 12.1 Å². The molecule has 5 nitrogen and oxygen atoms in total. The van der Waals surface area contributed by atoms with Crippen molar-refractivity contribution in [3.8, 4) is 0 Å². The van der Waals surface area contributed by atoms with E-state index < -0.39 is 17.8 Å². The van der Waals surface area contributed by atoms with Crippen LogP contribution in [0.4, 0.5) is 0 Å². The number of carboxylic acids is 1. The van der Waals surface area contributed by atoms with Crippen LogP contribution in [0.2, 0.25) is 0 Å². The lowest BCUT2D eigenvalue weighted by molar-refractivity contribution is -0.148. The number of nitrogens with zero attached hydrogens (tertiary/aromatic N) is 1. The van der Waals surface area contributed by atoms with Crippen molar-refractivity contribution in [3.05, 3.63) is 23.7 Å². The van der Waals surface area contributed by atoms with Gasteiger partial charge in [-0.05, 0) is 24.5 Å². The molecule has 1 N–H and O–H groups in total. The van der Waals surface area contributed by atoms with Crippen molar-refractivity contribution >= 4 is 11.9 Å². The van der Waals surface area contributed by atoms with Gasteiger partial charge in [-0.3, -0.25) is 9.59 Å². The van der Waals surface area contributed by atoms with Gasteiger partial charge in [0.25, 0.3) is 0 Å². The van der Waals surface area contributed by atoms with E-state index in [2.05, 4.69) is 6.92 Å². The van der Waals surface area contributed by atoms with Crippen LogP contribution in [0.15, 0.2) is 16.5 Å². The largest absolute Gasteiger partial charge is 0.481 e. The summed E-state index contributed by atoms with van der Waals surface area (Å²) in [4.78, 5) is 24.7. The minimum absolute atomic E-state index is 0.178. The van der Waals surface area contributed by atoms with Crippen LogP contribution in [-0.4, -0.2) is 28.9 Å². The third kappa shape index (κ3) is 3.46. The average molecular weight is 293 g/mol. The Labute approximate surface area is 124 Å². The maximum atomic E-state index is 12.2. The first-order valence-corrected chi connectivity index (χ1v) is 7.37. The van der Waals surface area contributed by atoms with Gasteiger partial charge in [-0.15, -0.1) is 0 Å². The number of furan rings is 1. The Hall–Kier alpha value is -1.78. The molecule has 0 saturated heterocycles. The summed E-state index contributed by atoms with van der Waals surface area (Å²) in [7, 11) is 1.68. The fourth-order valence-corrected chi connectivity index (χ4v) is 2.48. The van der Waals surface area contributed by atoms with Gasteiger partial charge in [-0.2, -0.15) is 0 Å². The molecule has 1 amide bonds. The molecule has 0 aliphatic heterocycles. The zero-order valence-corrected chi connectivity index (χ0v) is 13.0. The Kier molecular flexibility index (Phi) is 4.40. The molecule has 4 unspecified atom stereocenters. The second kappa shape index (κ2) is 5.92. The highest BCUT2D eigenvalue weighted by atomic mass is 16.4. The second-order valence-electron chi connectivity index (χ2n) is 6.23. The second-order valence-corrected chi connectivity index (χ2v) is 6.23. The molecule has 1 saturated carbocycles. The SMILES string of the molecule is CC1CC1c1ccc(CN(C)C(=O)C(C)C(C)C(=O)O)o1. The summed E-state index contributed by atoms with van der Waals surface area (Å²) >= 11 is 0. The molecular weight excluding hydrogens is 270 g/mol. The molecule has 1 fully saturated rings. The molecule has 0 spiro atoms. The van der Waals surface area contributed by atoms with E-state index in [-0.39, 0.29) is 5.91 Å². The Bertz CT molecular complexity index is 536. The lowest BCUT2D eigenvalue weighted by Crippen LogP contribution is -2.36. The fraction of sp³-hybridized carbons (Fsp3) is 0.625. The van der Waals surface area contributed by atoms with Gasteiger partial charge in [0.1, 0.15) is 11.5 Å². The van der Waals surface area contributed by atoms with Crippen LogP contribution in [0.1, 0.15) is 44.6 Å². The Morgan fingerprint density at radius 3 is 2.52 bits per heavy atom. The zero-order valence-electron chi connectivity index (χ0n) is 13.0. The van der Waals surface area contributed by atoms with Gasteiger partial charge in [0.2, 0.25) is 5.91 Å². The smallest absolute Gasteiger partial charge is 0.307 e. The summed E-state index contributed by atoms with van der Waals surface area (Å²) in [6.07, 6.45) is 1.16. The van der Waals surface area contributed by atoms with Crippen LogP contribution in [0.5, 0.6) is 0 Å². The van der Waals surface area contributed by atoms with Gasteiger partial charge in [-0.25, -0.2) is 0 Å². The Morgan fingerprint density at radius 2 is 2.00 bits per heavy atom. The third-order valence-electron chi connectivity index (χ3n) is 4.46. The number of carbonyl (C=O) groups excluding carboxylic acids is 1. The number of hydrogen-bond acceptors (Lipinski definition) is 3. The monoisotopic (exact) mass is 293 g/mol. The molecule has 21 heavy (non-hydrogen) atoms. The molecule has 2 rings (SSSR count). The van der Waals surface area contributed by atoms with E-state index in [9.17, 15) is 9.59 Å². The lowest BCUT2D eigenvalue weighted by Gasteiger charge is -2.22. The van der Waals surface area contributed by atoms with Crippen molar-refractivity contribution in [1.82, 2.24) is 4.90 Å². The molecule has 0 radical (unpaired) electrons. The van der Waals surface area contributed by atoms with Crippen LogP contribution < -0.4 is 0 Å². The maximum Gasteiger partial charge on any atom is 0.307 e. The third-order valence-corrected chi connectivity index (χ3v) is 4.46. The number of amides is 1. The van der Waals surface area contributed by atoms with Crippen molar-refractivity contribution in [3.63, 3.8) is 0 Å². The van der Waals surface area contributed by atoms with Gasteiger partial charge < -0.3 is 14.4 Å². The molecule has 1 aliphatic rings. The van der Waals surface area contributed by atoms with Crippen molar-refractivity contribution in [2.45, 2.75) is 39.7 Å². The highest BCUT2D eigenvalue weighted by Gasteiger charge is 2.36. The van der Waals surface area contributed by atoms with Crippen LogP contribution in [0.25, 0.3) is 0 Å². The van der Waals surface area contributed by atoms with Crippen molar-refractivity contribution < 1.29 is 19.1 Å². The van der Waals surface area contributed by atoms with E-state index in [4.69, 9.17) is 9.52 Å². The van der Waals surface area contributed by atoms with Crippen LogP contribution in [0.3, 0.4) is 0 Å². The van der Waals surface area contributed by atoms with Gasteiger partial charge in [0.05, 0.1) is 12.5 Å². The molecule has 1 heterocycles. The summed E-state index contributed by atoms with van der Waals surface area (Å²) < 4.78 is 5.78. The van der Waals surface area contributed by atoms with E-state index in [0.717, 1.165) is 17.9 Å². The van der Waals surface area contributed by atoms with Gasteiger partial charge in [0.15, 0.2) is 0 Å². The number of aliphatic carboxylic acids is 1. The number of carboxylic acid groups (broad SMARTS) is 1. The van der Waals surface area contributed by atoms with E-state index >= 15 is 0 Å². The molecule has 4 atom stereocenters. The summed E-state index contributed by atoms with van der Waals surface area (Å²) in [5, 5.41) is 8.98. The van der Waals surface area contributed by atoms with Crippen LogP contribution in [0, 0.1) is 17.8 Å². The lowest BCUT2D eigenvalue weighted by atomic mass is 9.95. The Morgan fingerprint density at radius 1 is 1.38 bits per heavy atom. The molecular formula is C16H23NO4. The highest BCUT2D eigenvalue weighted by Crippen LogP contribution is 2.47. The summed E-state index contributed by atoms with van der Waals surface area (Å²) in [6, 6.07) is 3.88. The highest BCUT2D eigenvalue weighted by molar-refractivity contribution is 5.84. The zero-order chi connectivity index (χ0) is 15.7. The number of rotatable bonds is 6. The van der Waals surface area contributed by atoms with Crippen molar-refractivity contribution in [2.75, 3.05) is 7.05 Å². The van der Waals surface area contributed by atoms with Gasteiger partial charge >= 0.3 is 5.97 Å². The quantitative estimate of drug-likeness (QED) is 0.875. The predicted octanol–water partition coefficient (Wildman–Crippen LogP) is 2.72. The summed E-state index contributed by atoms with van der Waals surface area (Å²) in [5.41, 5.74) is 0. The molecule has 116 valence electrons. The standard InChI is InChI=1S/C16H23NO4/c1-9-7-13(9)14-6-5-12(21-14)8-17(4)15(18)10(2)11(3)16(19)20/h5-6,9-11,13H,7-8H2,1-4H3,(H,19,20). The molecule has 1 aromatic heterocycles. The van der Waals surface area contributed by atoms with Crippen LogP contribution >= 0.6 is 0 Å². The molecule has 0 bridgehead atoms. The molecule has 0 aromatic carbocycles. The summed E-state index contributed by atoms with van der Waals surface area (Å²) in [6.45, 7) is 5.77. The average Bonchev–Trinajstić information content (AvgIpc) is 2.98. The van der Waals surface area contributed by atoms with E-state index in [1.54, 1.807) is 20.9 Å². The van der Waals surface area contributed by atoms with E-state index in [0.29, 0.717) is 18.4 Å². The molecule has 1 aliphatic carbocycles. The minimum Gasteiger partial charge on any atom is -0.481 e. The summed E-state index contributed by atoms with van der Waals surface area (Å²) in [5.74, 6) is 0.561. The molecule has 5 heteroatoms. The van der Waals surface area contributed by atoms with E-state index in [1.165, 1.54) is 4.90 Å². The van der Waals surface area contributed by atoms with Crippen molar-refractivity contribution in [1.29, 1.82) is 0 Å². The van der Waals surface area contributed by atoms with Gasteiger partial charge in [-0.1, -0.05) is 20.8 Å².